The van der Waals surface area contributed by atoms with Crippen LogP contribution in [0.1, 0.15) is 52.5 Å². The third kappa shape index (κ3) is 5.12. The normalized spacial score (nSPS) is 12.2. The van der Waals surface area contributed by atoms with E-state index in [-0.39, 0.29) is 11.9 Å². The maximum absolute atomic E-state index is 12.8. The Kier molecular flexibility index (Phi) is 7.33. The molecular weight excluding hydrogens is 374 g/mol. The highest BCUT2D eigenvalue weighted by molar-refractivity contribution is 5.80. The van der Waals surface area contributed by atoms with Crippen molar-refractivity contribution in [3.63, 3.8) is 0 Å². The largest absolute Gasteiger partial charge is 0.335 e. The van der Waals surface area contributed by atoms with E-state index in [4.69, 9.17) is 0 Å². The van der Waals surface area contributed by atoms with E-state index in [1.165, 1.54) is 0 Å². The maximum atomic E-state index is 12.8. The number of hydrogen-bond acceptors (Lipinski definition) is 4. The molecule has 1 amide bonds. The molecule has 1 N–H and O–H groups in total. The fourth-order valence-electron chi connectivity index (χ4n) is 3.49. The highest BCUT2D eigenvalue weighted by atomic mass is 16.2. The van der Waals surface area contributed by atoms with Gasteiger partial charge >= 0.3 is 0 Å². The molecule has 3 rings (SSSR count). The van der Waals surface area contributed by atoms with Crippen LogP contribution in [0.5, 0.6) is 0 Å². The molecule has 0 saturated carbocycles. The summed E-state index contributed by atoms with van der Waals surface area (Å²) in [6.45, 7) is 9.24. The number of carbonyl (C=O) groups is 1. The van der Waals surface area contributed by atoms with Crippen LogP contribution in [0.15, 0.2) is 48.5 Å². The second-order valence-corrected chi connectivity index (χ2v) is 8.10. The highest BCUT2D eigenvalue weighted by Gasteiger charge is 2.22. The third-order valence-corrected chi connectivity index (χ3v) is 5.67. The summed E-state index contributed by atoms with van der Waals surface area (Å²) in [5, 5.41) is 14.3. The van der Waals surface area contributed by atoms with Crippen LogP contribution in [-0.4, -0.2) is 37.5 Å². The first-order valence-corrected chi connectivity index (χ1v) is 10.7. The predicted octanol–water partition coefficient (Wildman–Crippen LogP) is 5.10. The number of benzene rings is 2. The van der Waals surface area contributed by atoms with Gasteiger partial charge in [-0.2, -0.15) is 0 Å². The Morgan fingerprint density at radius 1 is 1.03 bits per heavy atom. The molecule has 1 atom stereocenters. The molecule has 1 heterocycles. The van der Waals surface area contributed by atoms with Crippen molar-refractivity contribution >= 4 is 5.91 Å². The molecule has 0 bridgehead atoms. The van der Waals surface area contributed by atoms with Crippen LogP contribution >= 0.6 is 0 Å². The Morgan fingerprint density at radius 2 is 1.73 bits per heavy atom. The number of tetrazole rings is 1. The van der Waals surface area contributed by atoms with Crippen molar-refractivity contribution < 1.29 is 4.79 Å². The number of rotatable bonds is 9. The number of carbonyl (C=O) groups excluding carboxylic acids is 1. The molecular formula is C24H31N5O. The Hall–Kier alpha value is -3.02. The van der Waals surface area contributed by atoms with Gasteiger partial charge in [-0.05, 0) is 46.4 Å². The van der Waals surface area contributed by atoms with Gasteiger partial charge in [-0.1, -0.05) is 75.7 Å². The van der Waals surface area contributed by atoms with Gasteiger partial charge in [0.05, 0.1) is 0 Å². The maximum Gasteiger partial charge on any atom is 0.223 e. The molecule has 6 nitrogen and oxygen atoms in total. The van der Waals surface area contributed by atoms with E-state index in [0.717, 1.165) is 35.1 Å². The summed E-state index contributed by atoms with van der Waals surface area (Å²) in [6, 6.07) is 16.7. The van der Waals surface area contributed by atoms with Gasteiger partial charge in [0.25, 0.3) is 0 Å². The van der Waals surface area contributed by atoms with Gasteiger partial charge in [0.15, 0.2) is 5.82 Å². The van der Waals surface area contributed by atoms with Crippen LogP contribution < -0.4 is 0 Å². The van der Waals surface area contributed by atoms with Crippen molar-refractivity contribution in [3.05, 3.63) is 54.1 Å². The first-order chi connectivity index (χ1) is 14.5. The first-order valence-electron chi connectivity index (χ1n) is 10.7. The Balaban J connectivity index is 1.82. The number of aromatic nitrogens is 4. The van der Waals surface area contributed by atoms with E-state index in [1.807, 2.05) is 23.1 Å². The molecule has 0 spiro atoms. The van der Waals surface area contributed by atoms with E-state index >= 15 is 0 Å². The van der Waals surface area contributed by atoms with Gasteiger partial charge in [-0.3, -0.25) is 4.79 Å². The van der Waals surface area contributed by atoms with Crippen molar-refractivity contribution in [2.24, 2.45) is 5.92 Å². The Bertz CT molecular complexity index is 934. The number of hydrogen-bond donors (Lipinski definition) is 1. The van der Waals surface area contributed by atoms with Gasteiger partial charge < -0.3 is 4.90 Å². The summed E-state index contributed by atoms with van der Waals surface area (Å²) in [5.41, 5.74) is 4.25. The molecule has 1 aromatic heterocycles. The quantitative estimate of drug-likeness (QED) is 0.538. The van der Waals surface area contributed by atoms with E-state index in [0.29, 0.717) is 24.7 Å². The van der Waals surface area contributed by atoms with Gasteiger partial charge in [0.2, 0.25) is 5.91 Å². The zero-order valence-electron chi connectivity index (χ0n) is 18.3. The minimum atomic E-state index is 0.203. The number of nitrogens with one attached hydrogen (secondary N) is 1. The minimum Gasteiger partial charge on any atom is -0.335 e. The summed E-state index contributed by atoms with van der Waals surface area (Å²) >= 11 is 0. The average molecular weight is 406 g/mol. The van der Waals surface area contributed by atoms with Crippen molar-refractivity contribution in [2.45, 2.75) is 59.5 Å². The molecule has 3 aromatic rings. The summed E-state index contributed by atoms with van der Waals surface area (Å²) in [7, 11) is 0. The van der Waals surface area contributed by atoms with E-state index in [1.54, 1.807) is 0 Å². The number of H-pyrrole nitrogens is 1. The topological polar surface area (TPSA) is 74.8 Å². The minimum absolute atomic E-state index is 0.203. The van der Waals surface area contributed by atoms with E-state index in [2.05, 4.69) is 78.7 Å². The molecule has 30 heavy (non-hydrogen) atoms. The van der Waals surface area contributed by atoms with Crippen LogP contribution in [-0.2, 0) is 11.3 Å². The second kappa shape index (κ2) is 10.1. The fourth-order valence-corrected chi connectivity index (χ4v) is 3.49. The van der Waals surface area contributed by atoms with Crippen LogP contribution in [0.25, 0.3) is 22.5 Å². The lowest BCUT2D eigenvalue weighted by atomic mass is 9.97. The van der Waals surface area contributed by atoms with Gasteiger partial charge in [0.1, 0.15) is 0 Å². The SMILES string of the molecule is CCCCC(=O)N(Cc1ccc(-c2ccccc2-c2nnn[nH]2)cc1)C(C)C(C)C. The molecule has 0 radical (unpaired) electrons. The zero-order chi connectivity index (χ0) is 21.5. The molecule has 0 aliphatic carbocycles. The number of nitrogens with zero attached hydrogens (tertiary/aromatic N) is 4. The van der Waals surface area contributed by atoms with Gasteiger partial charge in [-0.15, -0.1) is 5.10 Å². The summed E-state index contributed by atoms with van der Waals surface area (Å²) in [6.07, 6.45) is 2.58. The lowest BCUT2D eigenvalue weighted by Gasteiger charge is -2.32. The molecule has 0 aliphatic heterocycles. The van der Waals surface area contributed by atoms with Crippen molar-refractivity contribution in [3.8, 4) is 22.5 Å². The Labute approximate surface area is 178 Å². The molecule has 1 unspecified atom stereocenters. The molecule has 158 valence electrons. The fraction of sp³-hybridized carbons (Fsp3) is 0.417. The Morgan fingerprint density at radius 3 is 2.33 bits per heavy atom. The molecule has 2 aromatic carbocycles. The third-order valence-electron chi connectivity index (χ3n) is 5.67. The number of aromatic amines is 1. The molecule has 0 saturated heterocycles. The lowest BCUT2D eigenvalue weighted by Crippen LogP contribution is -2.40. The number of unbranched alkanes of at least 4 members (excludes halogenated alkanes) is 1. The zero-order valence-corrected chi connectivity index (χ0v) is 18.3. The van der Waals surface area contributed by atoms with Gasteiger partial charge in [0, 0.05) is 24.6 Å². The van der Waals surface area contributed by atoms with Crippen molar-refractivity contribution in [2.75, 3.05) is 0 Å². The first kappa shape index (κ1) is 21.7. The summed E-state index contributed by atoms with van der Waals surface area (Å²) < 4.78 is 0. The highest BCUT2D eigenvalue weighted by Crippen LogP contribution is 2.30. The van der Waals surface area contributed by atoms with Crippen LogP contribution in [0, 0.1) is 5.92 Å². The molecule has 6 heteroatoms. The standard InChI is InChI=1S/C24H31N5O/c1-5-6-11-23(30)29(18(4)17(2)3)16-19-12-14-20(15-13-19)21-9-7-8-10-22(21)24-25-27-28-26-24/h7-10,12-15,17-18H,5-6,11,16H2,1-4H3,(H,25,26,27,28). The van der Waals surface area contributed by atoms with Crippen molar-refractivity contribution in [1.82, 2.24) is 25.5 Å². The second-order valence-electron chi connectivity index (χ2n) is 8.10. The van der Waals surface area contributed by atoms with Crippen LogP contribution in [0.3, 0.4) is 0 Å². The number of amides is 1. The van der Waals surface area contributed by atoms with E-state index in [9.17, 15) is 4.79 Å². The summed E-state index contributed by atoms with van der Waals surface area (Å²) in [5.74, 6) is 1.30. The van der Waals surface area contributed by atoms with E-state index < -0.39 is 0 Å². The molecule has 0 fully saturated rings. The van der Waals surface area contributed by atoms with Crippen LogP contribution in [0.2, 0.25) is 0 Å². The monoisotopic (exact) mass is 405 g/mol. The lowest BCUT2D eigenvalue weighted by molar-refractivity contribution is -0.135. The summed E-state index contributed by atoms with van der Waals surface area (Å²) in [4.78, 5) is 14.9. The van der Waals surface area contributed by atoms with Crippen molar-refractivity contribution in [1.29, 1.82) is 0 Å². The smallest absolute Gasteiger partial charge is 0.223 e. The molecule has 0 aliphatic rings. The predicted molar refractivity (Wildman–Crippen MR) is 119 cm³/mol. The van der Waals surface area contributed by atoms with Gasteiger partial charge in [-0.25, -0.2) is 5.10 Å². The average Bonchev–Trinajstić information content (AvgIpc) is 3.30. The van der Waals surface area contributed by atoms with Crippen LogP contribution in [0.4, 0.5) is 0 Å².